The monoisotopic (exact) mass is 249 g/mol. The lowest BCUT2D eigenvalue weighted by Crippen LogP contribution is -2.28. The van der Waals surface area contributed by atoms with Crippen LogP contribution in [0.5, 0.6) is 5.88 Å². The molecule has 0 spiro atoms. The number of aromatic nitrogens is 4. The molecule has 0 bridgehead atoms. The minimum Gasteiger partial charge on any atom is -0.479 e. The Bertz CT molecular complexity index is 576. The van der Waals surface area contributed by atoms with Crippen LogP contribution in [0.2, 0.25) is 0 Å². The van der Waals surface area contributed by atoms with Crippen LogP contribution in [0.1, 0.15) is 18.9 Å². The van der Waals surface area contributed by atoms with Crippen LogP contribution >= 0.6 is 0 Å². The van der Waals surface area contributed by atoms with Crippen molar-refractivity contribution in [1.82, 2.24) is 19.5 Å². The molecule has 1 aliphatic carbocycles. The predicted octanol–water partition coefficient (Wildman–Crippen LogP) is 0.360. The van der Waals surface area contributed by atoms with Crippen molar-refractivity contribution in [2.45, 2.75) is 18.9 Å². The lowest BCUT2D eigenvalue weighted by molar-refractivity contribution is 0.114. The van der Waals surface area contributed by atoms with E-state index in [1.807, 2.05) is 4.57 Å². The number of aliphatic hydroxyl groups is 1. The van der Waals surface area contributed by atoms with E-state index in [0.717, 1.165) is 12.8 Å². The van der Waals surface area contributed by atoms with Gasteiger partial charge in [0.25, 0.3) is 0 Å². The van der Waals surface area contributed by atoms with Crippen molar-refractivity contribution >= 4 is 17.1 Å². The van der Waals surface area contributed by atoms with Gasteiger partial charge >= 0.3 is 0 Å². The number of hydrogen-bond acceptors (Lipinski definition) is 6. The molecular weight excluding hydrogens is 234 g/mol. The van der Waals surface area contributed by atoms with E-state index in [-0.39, 0.29) is 12.6 Å². The zero-order valence-electron chi connectivity index (χ0n) is 10.1. The summed E-state index contributed by atoms with van der Waals surface area (Å²) in [5, 5.41) is 9.05. The van der Waals surface area contributed by atoms with Crippen molar-refractivity contribution in [3.8, 4) is 5.88 Å². The topological polar surface area (TPSA) is 99.1 Å². The number of aliphatic hydroxyl groups excluding tert-OH is 1. The molecule has 2 aromatic rings. The third kappa shape index (κ3) is 1.59. The second-order valence-electron chi connectivity index (χ2n) is 4.59. The number of hydrogen-bond donors (Lipinski definition) is 2. The van der Waals surface area contributed by atoms with Gasteiger partial charge in [-0.05, 0) is 18.8 Å². The molecule has 96 valence electrons. The Morgan fingerprint density at radius 1 is 1.50 bits per heavy atom. The third-order valence-corrected chi connectivity index (χ3v) is 3.46. The molecule has 0 radical (unpaired) electrons. The van der Waals surface area contributed by atoms with Crippen molar-refractivity contribution in [3.63, 3.8) is 0 Å². The highest BCUT2D eigenvalue weighted by molar-refractivity contribution is 5.77. The average molecular weight is 249 g/mol. The molecule has 0 aliphatic heterocycles. The molecule has 2 aromatic heterocycles. The SMILES string of the molecule is COc1nc(N)nc2c1ncn2C1CC(CO)C1. The number of fused-ring (bicyclic) bond motifs is 1. The Hall–Kier alpha value is -1.89. The fourth-order valence-corrected chi connectivity index (χ4v) is 2.39. The van der Waals surface area contributed by atoms with Gasteiger partial charge in [-0.25, -0.2) is 4.98 Å². The Morgan fingerprint density at radius 2 is 2.28 bits per heavy atom. The molecule has 3 N–H and O–H groups in total. The maximum Gasteiger partial charge on any atom is 0.246 e. The second-order valence-corrected chi connectivity index (χ2v) is 4.59. The van der Waals surface area contributed by atoms with Gasteiger partial charge in [0.05, 0.1) is 13.4 Å². The van der Waals surface area contributed by atoms with Crippen molar-refractivity contribution in [1.29, 1.82) is 0 Å². The highest BCUT2D eigenvalue weighted by atomic mass is 16.5. The minimum absolute atomic E-state index is 0.180. The molecule has 7 nitrogen and oxygen atoms in total. The van der Waals surface area contributed by atoms with E-state index in [1.54, 1.807) is 6.33 Å². The van der Waals surface area contributed by atoms with E-state index in [1.165, 1.54) is 7.11 Å². The van der Waals surface area contributed by atoms with Crippen molar-refractivity contribution in [2.24, 2.45) is 5.92 Å². The van der Waals surface area contributed by atoms with E-state index in [0.29, 0.717) is 29.0 Å². The molecule has 2 heterocycles. The largest absolute Gasteiger partial charge is 0.479 e. The smallest absolute Gasteiger partial charge is 0.246 e. The molecule has 0 atom stereocenters. The van der Waals surface area contributed by atoms with Gasteiger partial charge in [0.15, 0.2) is 11.2 Å². The van der Waals surface area contributed by atoms with Gasteiger partial charge in [0.1, 0.15) is 0 Å². The molecule has 7 heteroatoms. The molecular formula is C11H15N5O2. The Morgan fingerprint density at radius 3 is 2.94 bits per heavy atom. The summed E-state index contributed by atoms with van der Waals surface area (Å²) < 4.78 is 7.14. The van der Waals surface area contributed by atoms with Crippen LogP contribution in [0.15, 0.2) is 6.33 Å². The number of nitrogens with two attached hydrogens (primary N) is 1. The van der Waals surface area contributed by atoms with Crippen molar-refractivity contribution < 1.29 is 9.84 Å². The van der Waals surface area contributed by atoms with Gasteiger partial charge in [-0.15, -0.1) is 0 Å². The number of rotatable bonds is 3. The number of nitrogen functional groups attached to an aromatic ring is 1. The van der Waals surface area contributed by atoms with E-state index in [9.17, 15) is 0 Å². The highest BCUT2D eigenvalue weighted by Crippen LogP contribution is 2.39. The first kappa shape index (κ1) is 11.2. The number of nitrogens with zero attached hydrogens (tertiary/aromatic N) is 4. The summed E-state index contributed by atoms with van der Waals surface area (Å²) in [7, 11) is 1.53. The van der Waals surface area contributed by atoms with E-state index in [2.05, 4.69) is 15.0 Å². The first-order valence-electron chi connectivity index (χ1n) is 5.87. The summed E-state index contributed by atoms with van der Waals surface area (Å²) >= 11 is 0. The van der Waals surface area contributed by atoms with Crippen LogP contribution in [0.4, 0.5) is 5.95 Å². The average Bonchev–Trinajstić information content (AvgIpc) is 2.71. The number of methoxy groups -OCH3 is 1. The Balaban J connectivity index is 2.01. The Kier molecular flexibility index (Phi) is 2.55. The number of anilines is 1. The molecule has 0 unspecified atom stereocenters. The molecule has 1 fully saturated rings. The van der Waals surface area contributed by atoms with Gasteiger partial charge in [-0.1, -0.05) is 0 Å². The molecule has 0 amide bonds. The minimum atomic E-state index is 0.180. The van der Waals surface area contributed by atoms with Gasteiger partial charge in [0, 0.05) is 12.6 Å². The normalized spacial score (nSPS) is 23.0. The first-order valence-corrected chi connectivity index (χ1v) is 5.87. The van der Waals surface area contributed by atoms with Crippen LogP contribution in [-0.2, 0) is 0 Å². The summed E-state index contributed by atoms with van der Waals surface area (Å²) in [6.45, 7) is 0.240. The fraction of sp³-hybridized carbons (Fsp3) is 0.545. The van der Waals surface area contributed by atoms with Gasteiger partial charge in [-0.3, -0.25) is 0 Å². The molecule has 0 saturated heterocycles. The van der Waals surface area contributed by atoms with Crippen LogP contribution in [0.3, 0.4) is 0 Å². The molecule has 18 heavy (non-hydrogen) atoms. The van der Waals surface area contributed by atoms with Crippen molar-refractivity contribution in [2.75, 3.05) is 19.5 Å². The summed E-state index contributed by atoms with van der Waals surface area (Å²) in [5.74, 6) is 0.960. The maximum absolute atomic E-state index is 9.05. The lowest BCUT2D eigenvalue weighted by Gasteiger charge is -2.34. The second kappa shape index (κ2) is 4.09. The fourth-order valence-electron chi connectivity index (χ4n) is 2.39. The van der Waals surface area contributed by atoms with E-state index in [4.69, 9.17) is 15.6 Å². The van der Waals surface area contributed by atoms with Gasteiger partial charge < -0.3 is 20.1 Å². The number of imidazole rings is 1. The van der Waals surface area contributed by atoms with E-state index >= 15 is 0 Å². The van der Waals surface area contributed by atoms with Crippen LogP contribution in [-0.4, -0.2) is 38.3 Å². The first-order chi connectivity index (χ1) is 8.72. The predicted molar refractivity (Wildman–Crippen MR) is 65.1 cm³/mol. The van der Waals surface area contributed by atoms with E-state index < -0.39 is 0 Å². The zero-order chi connectivity index (χ0) is 12.7. The Labute approximate surface area is 104 Å². The van der Waals surface area contributed by atoms with Crippen LogP contribution in [0.25, 0.3) is 11.2 Å². The summed E-state index contributed by atoms with van der Waals surface area (Å²) in [6.07, 6.45) is 3.61. The molecule has 1 aliphatic rings. The van der Waals surface area contributed by atoms with Gasteiger partial charge in [-0.2, -0.15) is 9.97 Å². The summed E-state index contributed by atoms with van der Waals surface area (Å²) in [6, 6.07) is 0.325. The van der Waals surface area contributed by atoms with Crippen LogP contribution in [0, 0.1) is 5.92 Å². The lowest BCUT2D eigenvalue weighted by atomic mass is 9.81. The third-order valence-electron chi connectivity index (χ3n) is 3.46. The maximum atomic E-state index is 9.05. The summed E-state index contributed by atoms with van der Waals surface area (Å²) in [4.78, 5) is 12.5. The van der Waals surface area contributed by atoms with Crippen molar-refractivity contribution in [3.05, 3.63) is 6.33 Å². The van der Waals surface area contributed by atoms with Gasteiger partial charge in [0.2, 0.25) is 11.8 Å². The molecule has 0 aromatic carbocycles. The standard InChI is InChI=1S/C11H15N5O2/c1-18-10-8-9(14-11(12)15-10)16(5-13-8)7-2-6(3-7)4-17/h5-7,17H,2-4H2,1H3,(H2,12,14,15). The van der Waals surface area contributed by atoms with Crippen LogP contribution < -0.4 is 10.5 Å². The number of ether oxygens (including phenoxy) is 1. The highest BCUT2D eigenvalue weighted by Gasteiger charge is 2.31. The summed E-state index contributed by atoms with van der Waals surface area (Å²) in [5.41, 5.74) is 6.98. The molecule has 3 rings (SSSR count). The molecule has 1 saturated carbocycles. The quantitative estimate of drug-likeness (QED) is 0.814. The zero-order valence-corrected chi connectivity index (χ0v) is 10.1.